The summed E-state index contributed by atoms with van der Waals surface area (Å²) in [5, 5.41) is 13.0. The number of nitrogens with one attached hydrogen (secondary N) is 1. The number of H-pyrrole nitrogens is 1. The third-order valence-electron chi connectivity index (χ3n) is 6.28. The summed E-state index contributed by atoms with van der Waals surface area (Å²) >= 11 is 0. The van der Waals surface area contributed by atoms with E-state index in [1.54, 1.807) is 10.9 Å². The van der Waals surface area contributed by atoms with Crippen molar-refractivity contribution < 1.29 is 14.6 Å². The van der Waals surface area contributed by atoms with E-state index in [0.717, 1.165) is 50.5 Å². The number of benzene rings is 1. The number of aromatic nitrogens is 6. The van der Waals surface area contributed by atoms with E-state index in [2.05, 4.69) is 36.9 Å². The first-order chi connectivity index (χ1) is 17.5. The van der Waals surface area contributed by atoms with E-state index in [4.69, 9.17) is 9.84 Å². The maximum absolute atomic E-state index is 12.8. The number of aromatic amines is 1. The van der Waals surface area contributed by atoms with Gasteiger partial charge in [-0.3, -0.25) is 9.78 Å². The number of hydrogen-bond donors (Lipinski definition) is 2. The van der Waals surface area contributed by atoms with Crippen LogP contribution in [0.15, 0.2) is 47.8 Å². The molecule has 1 fully saturated rings. The third-order valence-corrected chi connectivity index (χ3v) is 6.28. The van der Waals surface area contributed by atoms with Gasteiger partial charge in [0.25, 0.3) is 5.56 Å². The molecule has 0 saturated carbocycles. The van der Waals surface area contributed by atoms with Crippen LogP contribution in [0, 0.1) is 0 Å². The molecule has 0 spiro atoms. The molecule has 1 aliphatic rings. The Balaban J connectivity index is 1.19. The summed E-state index contributed by atoms with van der Waals surface area (Å²) in [7, 11) is 2.16. The number of likely N-dealkylation sites (N-methyl/N-ethyl adjacent to an activating group) is 1. The fourth-order valence-corrected chi connectivity index (χ4v) is 4.19. The van der Waals surface area contributed by atoms with E-state index in [0.29, 0.717) is 18.7 Å². The molecule has 4 heterocycles. The second-order valence-electron chi connectivity index (χ2n) is 8.90. The number of rotatable bonds is 9. The van der Waals surface area contributed by atoms with E-state index >= 15 is 0 Å². The molecule has 12 nitrogen and oxygen atoms in total. The zero-order valence-corrected chi connectivity index (χ0v) is 20.0. The van der Waals surface area contributed by atoms with Gasteiger partial charge in [-0.05, 0) is 31.2 Å². The van der Waals surface area contributed by atoms with Crippen LogP contribution in [0.25, 0.3) is 17.1 Å². The molecule has 0 atom stereocenters. The highest BCUT2D eigenvalue weighted by Gasteiger charge is 2.15. The van der Waals surface area contributed by atoms with Crippen molar-refractivity contribution >= 4 is 17.1 Å². The lowest BCUT2D eigenvalue weighted by molar-refractivity contribution is 0.0697. The molecule has 0 radical (unpaired) electrons. The maximum atomic E-state index is 12.8. The highest BCUT2D eigenvalue weighted by atomic mass is 16.5. The lowest BCUT2D eigenvalue weighted by atomic mass is 10.2. The topological polar surface area (TPSA) is 134 Å². The summed E-state index contributed by atoms with van der Waals surface area (Å²) in [6.45, 7) is 6.63. The summed E-state index contributed by atoms with van der Waals surface area (Å²) < 4.78 is 8.83. The second kappa shape index (κ2) is 10.3. The fraction of sp³-hybridized carbons (Fsp3) is 0.375. The van der Waals surface area contributed by atoms with Crippen molar-refractivity contribution in [3.63, 3.8) is 0 Å². The van der Waals surface area contributed by atoms with Gasteiger partial charge in [-0.1, -0.05) is 12.1 Å². The molecule has 0 unspecified atom stereocenters. The van der Waals surface area contributed by atoms with Crippen molar-refractivity contribution in [3.8, 4) is 11.7 Å². The Morgan fingerprint density at radius 1 is 1.17 bits per heavy atom. The lowest BCUT2D eigenvalue weighted by Crippen LogP contribution is -2.44. The molecule has 12 heteroatoms. The van der Waals surface area contributed by atoms with Gasteiger partial charge in [0, 0.05) is 45.5 Å². The zero-order valence-electron chi connectivity index (χ0n) is 20.0. The van der Waals surface area contributed by atoms with Crippen LogP contribution in [0.1, 0.15) is 22.3 Å². The van der Waals surface area contributed by atoms with E-state index in [1.807, 2.05) is 24.3 Å². The number of carbonyl (C=O) groups is 1. The highest BCUT2D eigenvalue weighted by molar-refractivity contribution is 5.86. The Labute approximate surface area is 206 Å². The van der Waals surface area contributed by atoms with Crippen molar-refractivity contribution in [3.05, 3.63) is 64.5 Å². The first-order valence-electron chi connectivity index (χ1n) is 11.8. The summed E-state index contributed by atoms with van der Waals surface area (Å²) in [6, 6.07) is 7.80. The predicted molar refractivity (Wildman–Crippen MR) is 132 cm³/mol. The number of fused-ring (bicyclic) bond motifs is 1. The molecule has 1 aromatic carbocycles. The first kappa shape index (κ1) is 23.7. The van der Waals surface area contributed by atoms with Crippen LogP contribution in [-0.4, -0.2) is 96.6 Å². The number of hydrogen-bond acceptors (Lipinski definition) is 8. The standard InChI is InChI=1S/C24H28N8O4/c1-29-8-10-30(11-9-29)7-2-12-36-19-5-3-17(4-6-19)14-31-16-25-21-20(31)22(33)28-24(27-21)32-15-18(13-26-32)23(34)35/h3-6,13,15-16H,2,7-12,14H2,1H3,(H,34,35)(H,27,28,33). The molecular formula is C24H28N8O4. The maximum Gasteiger partial charge on any atom is 0.338 e. The molecule has 4 aromatic rings. The number of imidazole rings is 1. The molecule has 0 bridgehead atoms. The predicted octanol–water partition coefficient (Wildman–Crippen LogP) is 1.07. The van der Waals surface area contributed by atoms with Gasteiger partial charge < -0.3 is 24.2 Å². The number of carboxylic acids is 1. The van der Waals surface area contributed by atoms with Crippen LogP contribution in [0.2, 0.25) is 0 Å². The highest BCUT2D eigenvalue weighted by Crippen LogP contribution is 2.16. The Morgan fingerprint density at radius 2 is 1.94 bits per heavy atom. The molecule has 2 N–H and O–H groups in total. The van der Waals surface area contributed by atoms with Crippen molar-refractivity contribution in [1.82, 2.24) is 39.1 Å². The Kier molecular flexibility index (Phi) is 6.78. The van der Waals surface area contributed by atoms with E-state index in [1.165, 1.54) is 17.1 Å². The average Bonchev–Trinajstić information content (AvgIpc) is 3.52. The van der Waals surface area contributed by atoms with Gasteiger partial charge >= 0.3 is 5.97 Å². The molecule has 3 aromatic heterocycles. The number of ether oxygens (including phenoxy) is 1. The number of carboxylic acid groups (broad SMARTS) is 1. The zero-order chi connectivity index (χ0) is 25.1. The molecule has 0 amide bonds. The summed E-state index contributed by atoms with van der Waals surface area (Å²) in [4.78, 5) is 39.9. The van der Waals surface area contributed by atoms with Gasteiger partial charge in [0.1, 0.15) is 5.75 Å². The second-order valence-corrected chi connectivity index (χ2v) is 8.90. The molecule has 5 rings (SSSR count). The van der Waals surface area contributed by atoms with Gasteiger partial charge in [0.15, 0.2) is 11.2 Å². The molecule has 36 heavy (non-hydrogen) atoms. The van der Waals surface area contributed by atoms with E-state index < -0.39 is 5.97 Å². The first-order valence-corrected chi connectivity index (χ1v) is 11.8. The van der Waals surface area contributed by atoms with E-state index in [9.17, 15) is 9.59 Å². The quantitative estimate of drug-likeness (QED) is 0.329. The number of nitrogens with zero attached hydrogens (tertiary/aromatic N) is 7. The third kappa shape index (κ3) is 5.29. The lowest BCUT2D eigenvalue weighted by Gasteiger charge is -2.32. The average molecular weight is 493 g/mol. The van der Waals surface area contributed by atoms with Crippen LogP contribution in [0.5, 0.6) is 5.75 Å². The van der Waals surface area contributed by atoms with Crippen molar-refractivity contribution in [2.75, 3.05) is 46.4 Å². The summed E-state index contributed by atoms with van der Waals surface area (Å²) in [6.07, 6.45) is 5.01. The van der Waals surface area contributed by atoms with Crippen molar-refractivity contribution in [2.24, 2.45) is 0 Å². The van der Waals surface area contributed by atoms with Crippen molar-refractivity contribution in [1.29, 1.82) is 0 Å². The largest absolute Gasteiger partial charge is 0.494 e. The van der Waals surface area contributed by atoms with Crippen molar-refractivity contribution in [2.45, 2.75) is 13.0 Å². The molecule has 1 saturated heterocycles. The van der Waals surface area contributed by atoms with Crippen LogP contribution in [0.4, 0.5) is 0 Å². The molecule has 0 aliphatic carbocycles. The van der Waals surface area contributed by atoms with Gasteiger partial charge in [-0.15, -0.1) is 0 Å². The van der Waals surface area contributed by atoms with Crippen LogP contribution in [-0.2, 0) is 6.54 Å². The Morgan fingerprint density at radius 3 is 2.67 bits per heavy atom. The molecular weight excluding hydrogens is 464 g/mol. The Hall–Kier alpha value is -4.03. The van der Waals surface area contributed by atoms with Crippen LogP contribution < -0.4 is 10.3 Å². The fourth-order valence-electron chi connectivity index (χ4n) is 4.19. The summed E-state index contributed by atoms with van der Waals surface area (Å²) in [5.41, 5.74) is 1.17. The summed E-state index contributed by atoms with van der Waals surface area (Å²) in [5.74, 6) is -0.202. The minimum atomic E-state index is -1.11. The van der Waals surface area contributed by atoms with Crippen LogP contribution in [0.3, 0.4) is 0 Å². The monoisotopic (exact) mass is 492 g/mol. The SMILES string of the molecule is CN1CCN(CCCOc2ccc(Cn3cnc4nc(-n5cc(C(=O)O)cn5)[nH]c(=O)c43)cc2)CC1. The Bertz CT molecular complexity index is 1400. The normalized spacial score (nSPS) is 14.9. The minimum absolute atomic E-state index is 0.00858. The van der Waals surface area contributed by atoms with Gasteiger partial charge in [0.05, 0.1) is 24.7 Å². The van der Waals surface area contributed by atoms with Crippen LogP contribution >= 0.6 is 0 Å². The van der Waals surface area contributed by atoms with Gasteiger partial charge in [-0.25, -0.2) is 14.5 Å². The molecule has 1 aliphatic heterocycles. The number of aromatic carboxylic acids is 1. The van der Waals surface area contributed by atoms with Gasteiger partial charge in [-0.2, -0.15) is 10.1 Å². The van der Waals surface area contributed by atoms with Gasteiger partial charge in [0.2, 0.25) is 5.95 Å². The van der Waals surface area contributed by atoms with E-state index in [-0.39, 0.29) is 22.7 Å². The molecule has 188 valence electrons. The minimum Gasteiger partial charge on any atom is -0.494 e. The number of piperazine rings is 1. The smallest absolute Gasteiger partial charge is 0.338 e.